The third-order valence-electron chi connectivity index (χ3n) is 2.42. The monoisotopic (exact) mass is 245 g/mol. The lowest BCUT2D eigenvalue weighted by molar-refractivity contribution is 0.0947. The van der Waals surface area contributed by atoms with Crippen LogP contribution >= 0.6 is 0 Å². The molecular weight excluding hydrogens is 230 g/mol. The van der Waals surface area contributed by atoms with Gasteiger partial charge in [0.25, 0.3) is 5.91 Å². The van der Waals surface area contributed by atoms with Gasteiger partial charge in [-0.25, -0.2) is 4.98 Å². The van der Waals surface area contributed by atoms with Crippen molar-refractivity contribution in [2.24, 2.45) is 0 Å². The number of aryl methyl sites for hydroxylation is 2. The third-order valence-corrected chi connectivity index (χ3v) is 2.42. The second-order valence-electron chi connectivity index (χ2n) is 3.92. The summed E-state index contributed by atoms with van der Waals surface area (Å²) in [6.45, 7) is 3.21. The summed E-state index contributed by atoms with van der Waals surface area (Å²) in [4.78, 5) is 19.7. The number of carbonyl (C=O) groups is 1. The quantitative estimate of drug-likeness (QED) is 0.791. The maximum atomic E-state index is 11.7. The lowest BCUT2D eigenvalue weighted by Crippen LogP contribution is -2.26. The van der Waals surface area contributed by atoms with E-state index >= 15 is 0 Å². The normalized spacial score (nSPS) is 10.3. The first-order chi connectivity index (χ1) is 8.75. The molecule has 1 amide bonds. The summed E-state index contributed by atoms with van der Waals surface area (Å²) >= 11 is 0. The van der Waals surface area contributed by atoms with Crippen molar-refractivity contribution < 1.29 is 4.79 Å². The summed E-state index contributed by atoms with van der Waals surface area (Å²) in [5, 5.41) is 6.88. The first-order valence-electron chi connectivity index (χ1n) is 5.80. The summed E-state index contributed by atoms with van der Waals surface area (Å²) < 4.78 is 1.83. The molecule has 0 bridgehead atoms. The Morgan fingerprint density at radius 2 is 2.28 bits per heavy atom. The Morgan fingerprint density at radius 3 is 2.94 bits per heavy atom. The highest BCUT2D eigenvalue weighted by molar-refractivity contribution is 5.91. The zero-order valence-electron chi connectivity index (χ0n) is 10.2. The molecule has 0 spiro atoms. The smallest absolute Gasteiger partial charge is 0.271 e. The lowest BCUT2D eigenvalue weighted by Gasteiger charge is -2.04. The third kappa shape index (κ3) is 3.38. The highest BCUT2D eigenvalue weighted by Gasteiger charge is 2.06. The molecule has 2 heterocycles. The molecule has 0 aliphatic carbocycles. The predicted octanol–water partition coefficient (Wildman–Crippen LogP) is 0.802. The van der Waals surface area contributed by atoms with E-state index in [0.717, 1.165) is 18.7 Å². The molecule has 0 aromatic carbocycles. The van der Waals surface area contributed by atoms with E-state index in [1.165, 1.54) is 6.20 Å². The summed E-state index contributed by atoms with van der Waals surface area (Å²) in [6, 6.07) is 1.88. The van der Waals surface area contributed by atoms with Gasteiger partial charge in [0.1, 0.15) is 5.69 Å². The molecule has 94 valence electrons. The maximum Gasteiger partial charge on any atom is 0.271 e. The van der Waals surface area contributed by atoms with Gasteiger partial charge in [-0.05, 0) is 19.4 Å². The van der Waals surface area contributed by atoms with Gasteiger partial charge in [0.05, 0.1) is 11.9 Å². The SMILES string of the molecule is Cc1cnc(C(=O)NCCCn2cccn2)cn1. The number of amides is 1. The fourth-order valence-corrected chi connectivity index (χ4v) is 1.48. The molecule has 0 radical (unpaired) electrons. The zero-order valence-corrected chi connectivity index (χ0v) is 10.2. The molecule has 2 rings (SSSR count). The molecule has 0 saturated carbocycles. The average Bonchev–Trinajstić information content (AvgIpc) is 2.88. The molecule has 6 heteroatoms. The van der Waals surface area contributed by atoms with E-state index in [0.29, 0.717) is 12.2 Å². The summed E-state index contributed by atoms with van der Waals surface area (Å²) in [5.41, 5.74) is 1.14. The molecule has 2 aromatic heterocycles. The second-order valence-corrected chi connectivity index (χ2v) is 3.92. The summed E-state index contributed by atoms with van der Waals surface area (Å²) in [6.07, 6.45) is 7.53. The van der Waals surface area contributed by atoms with E-state index in [4.69, 9.17) is 0 Å². The van der Waals surface area contributed by atoms with Gasteiger partial charge in [-0.2, -0.15) is 5.10 Å². The highest BCUT2D eigenvalue weighted by Crippen LogP contribution is 1.94. The van der Waals surface area contributed by atoms with Crippen molar-refractivity contribution in [3.63, 3.8) is 0 Å². The van der Waals surface area contributed by atoms with Crippen LogP contribution in [0.4, 0.5) is 0 Å². The molecule has 1 N–H and O–H groups in total. The van der Waals surface area contributed by atoms with Gasteiger partial charge in [0.15, 0.2) is 0 Å². The molecular formula is C12H15N5O. The van der Waals surface area contributed by atoms with Crippen LogP contribution in [-0.2, 0) is 6.54 Å². The number of rotatable bonds is 5. The van der Waals surface area contributed by atoms with Gasteiger partial charge < -0.3 is 5.32 Å². The molecule has 0 aliphatic rings. The Balaban J connectivity index is 1.73. The molecule has 0 unspecified atom stereocenters. The lowest BCUT2D eigenvalue weighted by atomic mass is 10.3. The van der Waals surface area contributed by atoms with Crippen molar-refractivity contribution in [3.05, 3.63) is 42.2 Å². The number of aromatic nitrogens is 4. The summed E-state index contributed by atoms with van der Waals surface area (Å²) in [5.74, 6) is -0.192. The Labute approximate surface area is 105 Å². The van der Waals surface area contributed by atoms with E-state index in [1.807, 2.05) is 23.9 Å². The number of hydrogen-bond acceptors (Lipinski definition) is 4. The minimum atomic E-state index is -0.192. The highest BCUT2D eigenvalue weighted by atomic mass is 16.1. The number of nitrogens with one attached hydrogen (secondary N) is 1. The van der Waals surface area contributed by atoms with Gasteiger partial charge in [0, 0.05) is 31.7 Å². The minimum Gasteiger partial charge on any atom is -0.351 e. The van der Waals surface area contributed by atoms with Crippen LogP contribution in [0.5, 0.6) is 0 Å². The topological polar surface area (TPSA) is 72.7 Å². The van der Waals surface area contributed by atoms with Gasteiger partial charge in [-0.3, -0.25) is 14.5 Å². The number of carbonyl (C=O) groups excluding carboxylic acids is 1. The average molecular weight is 245 g/mol. The standard InChI is InChI=1S/C12H15N5O/c1-10-8-15-11(9-14-10)12(18)13-4-2-6-17-7-3-5-16-17/h3,5,7-9H,2,4,6H2,1H3,(H,13,18). The molecule has 0 saturated heterocycles. The Hall–Kier alpha value is -2.24. The van der Waals surface area contributed by atoms with Crippen LogP contribution < -0.4 is 5.32 Å². The molecule has 2 aromatic rings. The van der Waals surface area contributed by atoms with Crippen LogP contribution in [-0.4, -0.2) is 32.2 Å². The predicted molar refractivity (Wildman–Crippen MR) is 65.9 cm³/mol. The summed E-state index contributed by atoms with van der Waals surface area (Å²) in [7, 11) is 0. The minimum absolute atomic E-state index is 0.192. The van der Waals surface area contributed by atoms with Crippen LogP contribution in [0.3, 0.4) is 0 Å². The number of hydrogen-bond donors (Lipinski definition) is 1. The van der Waals surface area contributed by atoms with E-state index in [2.05, 4.69) is 20.4 Å². The Morgan fingerprint density at radius 1 is 1.39 bits per heavy atom. The van der Waals surface area contributed by atoms with Gasteiger partial charge >= 0.3 is 0 Å². The largest absolute Gasteiger partial charge is 0.351 e. The molecule has 0 atom stereocenters. The van der Waals surface area contributed by atoms with Crippen molar-refractivity contribution in [2.75, 3.05) is 6.54 Å². The van der Waals surface area contributed by atoms with Crippen molar-refractivity contribution in [1.29, 1.82) is 0 Å². The van der Waals surface area contributed by atoms with E-state index in [-0.39, 0.29) is 5.91 Å². The van der Waals surface area contributed by atoms with Crippen LogP contribution in [0, 0.1) is 6.92 Å². The molecule has 0 fully saturated rings. The van der Waals surface area contributed by atoms with Crippen molar-refractivity contribution in [2.45, 2.75) is 19.9 Å². The van der Waals surface area contributed by atoms with Gasteiger partial charge in [0.2, 0.25) is 0 Å². The van der Waals surface area contributed by atoms with Gasteiger partial charge in [-0.1, -0.05) is 0 Å². The van der Waals surface area contributed by atoms with Crippen molar-refractivity contribution in [3.8, 4) is 0 Å². The maximum absolute atomic E-state index is 11.7. The second kappa shape index (κ2) is 5.90. The zero-order chi connectivity index (χ0) is 12.8. The van der Waals surface area contributed by atoms with E-state index < -0.39 is 0 Å². The van der Waals surface area contributed by atoms with Crippen LogP contribution in [0.2, 0.25) is 0 Å². The molecule has 0 aliphatic heterocycles. The fraction of sp³-hybridized carbons (Fsp3) is 0.333. The van der Waals surface area contributed by atoms with Crippen molar-refractivity contribution >= 4 is 5.91 Å². The van der Waals surface area contributed by atoms with Crippen molar-refractivity contribution in [1.82, 2.24) is 25.1 Å². The molecule has 18 heavy (non-hydrogen) atoms. The fourth-order valence-electron chi connectivity index (χ4n) is 1.48. The van der Waals surface area contributed by atoms with E-state index in [9.17, 15) is 4.79 Å². The first-order valence-corrected chi connectivity index (χ1v) is 5.80. The van der Waals surface area contributed by atoms with Crippen LogP contribution in [0.25, 0.3) is 0 Å². The van der Waals surface area contributed by atoms with E-state index in [1.54, 1.807) is 12.4 Å². The molecule has 6 nitrogen and oxygen atoms in total. The first kappa shape index (κ1) is 12.2. The van der Waals surface area contributed by atoms with Crippen LogP contribution in [0.15, 0.2) is 30.9 Å². The number of nitrogens with zero attached hydrogens (tertiary/aromatic N) is 4. The Bertz CT molecular complexity index is 492. The van der Waals surface area contributed by atoms with Crippen LogP contribution in [0.1, 0.15) is 22.6 Å². The Kier molecular flexibility index (Phi) is 4.01. The van der Waals surface area contributed by atoms with Gasteiger partial charge in [-0.15, -0.1) is 0 Å².